The van der Waals surface area contributed by atoms with Gasteiger partial charge in [0.15, 0.2) is 0 Å². The molecule has 4 nitrogen and oxygen atoms in total. The summed E-state index contributed by atoms with van der Waals surface area (Å²) in [7, 11) is 0. The normalized spacial score (nSPS) is 15.5. The Balaban J connectivity index is 1.80. The summed E-state index contributed by atoms with van der Waals surface area (Å²) in [6, 6.07) is 10.4. The van der Waals surface area contributed by atoms with Crippen LogP contribution < -0.4 is 5.32 Å². The van der Waals surface area contributed by atoms with Crippen molar-refractivity contribution in [2.24, 2.45) is 0 Å². The highest BCUT2D eigenvalue weighted by atomic mass is 19.1. The first kappa shape index (κ1) is 15.0. The van der Waals surface area contributed by atoms with E-state index in [1.807, 2.05) is 16.7 Å². The number of halogens is 1. The molecule has 5 heteroatoms. The van der Waals surface area contributed by atoms with Crippen molar-refractivity contribution in [1.29, 1.82) is 0 Å². The van der Waals surface area contributed by atoms with Gasteiger partial charge in [0.05, 0.1) is 5.69 Å². The number of rotatable bonds is 3. The van der Waals surface area contributed by atoms with Gasteiger partial charge in [0.25, 0.3) is 0 Å². The van der Waals surface area contributed by atoms with E-state index < -0.39 is 0 Å². The summed E-state index contributed by atoms with van der Waals surface area (Å²) in [5.41, 5.74) is 3.03. The molecule has 1 aliphatic heterocycles. The van der Waals surface area contributed by atoms with Crippen molar-refractivity contribution in [1.82, 2.24) is 19.9 Å². The zero-order chi connectivity index (χ0) is 16.4. The second-order valence-corrected chi connectivity index (χ2v) is 6.10. The van der Waals surface area contributed by atoms with Gasteiger partial charge in [-0.2, -0.15) is 0 Å². The van der Waals surface area contributed by atoms with Gasteiger partial charge in [-0.05, 0) is 62.3 Å². The second kappa shape index (κ2) is 6.53. The van der Waals surface area contributed by atoms with Crippen LogP contribution in [0.1, 0.15) is 24.5 Å². The number of piperidine rings is 1. The lowest BCUT2D eigenvalue weighted by molar-refractivity contribution is 0.454. The Bertz CT molecular complexity index is 805. The van der Waals surface area contributed by atoms with Crippen LogP contribution in [0.4, 0.5) is 4.39 Å². The Morgan fingerprint density at radius 1 is 1.00 bits per heavy atom. The summed E-state index contributed by atoms with van der Waals surface area (Å²) in [6.45, 7) is 2.05. The highest BCUT2D eigenvalue weighted by molar-refractivity contribution is 5.58. The number of aromatic nitrogens is 3. The molecule has 0 amide bonds. The van der Waals surface area contributed by atoms with E-state index in [9.17, 15) is 4.39 Å². The molecule has 0 spiro atoms. The van der Waals surface area contributed by atoms with Crippen LogP contribution in [0.15, 0.2) is 55.0 Å². The second-order valence-electron chi connectivity index (χ2n) is 6.10. The third kappa shape index (κ3) is 2.95. The summed E-state index contributed by atoms with van der Waals surface area (Å²) in [4.78, 5) is 9.00. The predicted octanol–water partition coefficient (Wildman–Crippen LogP) is 3.54. The molecule has 1 saturated heterocycles. The van der Waals surface area contributed by atoms with E-state index in [1.165, 1.54) is 12.1 Å². The molecule has 2 aromatic heterocycles. The SMILES string of the molecule is Fc1ccc(-n2cc(C3CCNCC3)nc2-c2ccncc2)cc1. The lowest BCUT2D eigenvalue weighted by atomic mass is 9.95. The van der Waals surface area contributed by atoms with Crippen molar-refractivity contribution in [2.75, 3.05) is 13.1 Å². The van der Waals surface area contributed by atoms with Crippen LogP contribution in [0.25, 0.3) is 17.1 Å². The Labute approximate surface area is 140 Å². The number of hydrogen-bond acceptors (Lipinski definition) is 3. The van der Waals surface area contributed by atoms with E-state index in [0.29, 0.717) is 5.92 Å². The van der Waals surface area contributed by atoms with Gasteiger partial charge in [-0.3, -0.25) is 9.55 Å². The third-order valence-electron chi connectivity index (χ3n) is 4.53. The molecular formula is C19H19FN4. The largest absolute Gasteiger partial charge is 0.317 e. The van der Waals surface area contributed by atoms with E-state index in [-0.39, 0.29) is 5.82 Å². The minimum atomic E-state index is -0.233. The molecule has 0 saturated carbocycles. The molecule has 4 rings (SSSR count). The Kier molecular flexibility index (Phi) is 4.09. The van der Waals surface area contributed by atoms with Crippen LogP contribution in [-0.2, 0) is 0 Å². The van der Waals surface area contributed by atoms with Gasteiger partial charge in [-0.1, -0.05) is 0 Å². The molecule has 0 bridgehead atoms. The third-order valence-corrected chi connectivity index (χ3v) is 4.53. The molecule has 0 atom stereocenters. The van der Waals surface area contributed by atoms with Crippen molar-refractivity contribution < 1.29 is 4.39 Å². The first-order chi connectivity index (χ1) is 11.8. The van der Waals surface area contributed by atoms with Gasteiger partial charge in [-0.15, -0.1) is 0 Å². The van der Waals surface area contributed by atoms with Crippen LogP contribution >= 0.6 is 0 Å². The first-order valence-electron chi connectivity index (χ1n) is 8.27. The van der Waals surface area contributed by atoms with E-state index in [1.54, 1.807) is 24.5 Å². The van der Waals surface area contributed by atoms with E-state index >= 15 is 0 Å². The summed E-state index contributed by atoms with van der Waals surface area (Å²) >= 11 is 0. The van der Waals surface area contributed by atoms with Crippen molar-refractivity contribution in [3.8, 4) is 17.1 Å². The summed E-state index contributed by atoms with van der Waals surface area (Å²) in [5.74, 6) is 1.11. The number of pyridine rings is 1. The smallest absolute Gasteiger partial charge is 0.144 e. The van der Waals surface area contributed by atoms with Gasteiger partial charge in [0.1, 0.15) is 11.6 Å². The molecule has 122 valence electrons. The van der Waals surface area contributed by atoms with Gasteiger partial charge in [0, 0.05) is 35.8 Å². The standard InChI is InChI=1S/C19H19FN4/c20-16-1-3-17(4-2-16)24-13-18(14-5-9-21-10-6-14)23-19(24)15-7-11-22-12-8-15/h1-4,7-8,11-14,21H,5-6,9-10H2. The minimum absolute atomic E-state index is 0.233. The molecule has 0 unspecified atom stereocenters. The van der Waals surface area contributed by atoms with Crippen LogP contribution in [0.3, 0.4) is 0 Å². The molecule has 24 heavy (non-hydrogen) atoms. The number of nitrogens with one attached hydrogen (secondary N) is 1. The maximum Gasteiger partial charge on any atom is 0.144 e. The van der Waals surface area contributed by atoms with Crippen LogP contribution in [0.5, 0.6) is 0 Å². The zero-order valence-electron chi connectivity index (χ0n) is 13.3. The summed E-state index contributed by atoms with van der Waals surface area (Å²) in [5, 5.41) is 3.39. The highest BCUT2D eigenvalue weighted by Gasteiger charge is 2.21. The fourth-order valence-electron chi connectivity index (χ4n) is 3.22. The van der Waals surface area contributed by atoms with Gasteiger partial charge in [0.2, 0.25) is 0 Å². The van der Waals surface area contributed by atoms with Gasteiger partial charge in [-0.25, -0.2) is 9.37 Å². The number of benzene rings is 1. The van der Waals surface area contributed by atoms with E-state index in [4.69, 9.17) is 4.98 Å². The molecule has 0 aliphatic carbocycles. The first-order valence-corrected chi connectivity index (χ1v) is 8.27. The molecule has 3 heterocycles. The van der Waals surface area contributed by atoms with Crippen molar-refractivity contribution >= 4 is 0 Å². The van der Waals surface area contributed by atoms with E-state index in [0.717, 1.165) is 48.7 Å². The molecule has 1 fully saturated rings. The fraction of sp³-hybridized carbons (Fsp3) is 0.263. The molecule has 1 aromatic carbocycles. The minimum Gasteiger partial charge on any atom is -0.317 e. The average molecular weight is 322 g/mol. The maximum absolute atomic E-state index is 13.3. The number of hydrogen-bond donors (Lipinski definition) is 1. The topological polar surface area (TPSA) is 42.7 Å². The molecule has 3 aromatic rings. The summed E-state index contributed by atoms with van der Waals surface area (Å²) in [6.07, 6.45) is 7.82. The highest BCUT2D eigenvalue weighted by Crippen LogP contribution is 2.29. The average Bonchev–Trinajstić information content (AvgIpc) is 3.09. The lowest BCUT2D eigenvalue weighted by Crippen LogP contribution is -2.26. The van der Waals surface area contributed by atoms with Crippen molar-refractivity contribution in [3.63, 3.8) is 0 Å². The monoisotopic (exact) mass is 322 g/mol. The van der Waals surface area contributed by atoms with Crippen LogP contribution in [0.2, 0.25) is 0 Å². The fourth-order valence-corrected chi connectivity index (χ4v) is 3.22. The Hall–Kier alpha value is -2.53. The molecule has 0 radical (unpaired) electrons. The molecular weight excluding hydrogens is 303 g/mol. The molecule has 1 aliphatic rings. The van der Waals surface area contributed by atoms with Crippen molar-refractivity contribution in [3.05, 3.63) is 66.5 Å². The van der Waals surface area contributed by atoms with Crippen LogP contribution in [0, 0.1) is 5.82 Å². The summed E-state index contributed by atoms with van der Waals surface area (Å²) < 4.78 is 15.3. The lowest BCUT2D eigenvalue weighted by Gasteiger charge is -2.20. The van der Waals surface area contributed by atoms with Gasteiger partial charge < -0.3 is 5.32 Å². The maximum atomic E-state index is 13.3. The number of nitrogens with zero attached hydrogens (tertiary/aromatic N) is 3. The number of imidazole rings is 1. The van der Waals surface area contributed by atoms with Crippen LogP contribution in [-0.4, -0.2) is 27.6 Å². The Morgan fingerprint density at radius 3 is 2.42 bits per heavy atom. The van der Waals surface area contributed by atoms with Crippen molar-refractivity contribution in [2.45, 2.75) is 18.8 Å². The van der Waals surface area contributed by atoms with E-state index in [2.05, 4.69) is 16.5 Å². The Morgan fingerprint density at radius 2 is 1.71 bits per heavy atom. The quantitative estimate of drug-likeness (QED) is 0.802. The zero-order valence-corrected chi connectivity index (χ0v) is 13.3. The predicted molar refractivity (Wildman–Crippen MR) is 91.6 cm³/mol. The molecule has 1 N–H and O–H groups in total. The van der Waals surface area contributed by atoms with Gasteiger partial charge >= 0.3 is 0 Å².